The Bertz CT molecular complexity index is 962. The van der Waals surface area contributed by atoms with Gasteiger partial charge in [-0.3, -0.25) is 4.79 Å². The van der Waals surface area contributed by atoms with E-state index in [0.29, 0.717) is 29.5 Å². The van der Waals surface area contributed by atoms with Crippen LogP contribution >= 0.6 is 0 Å². The van der Waals surface area contributed by atoms with Gasteiger partial charge in [0.25, 0.3) is 5.91 Å². The molecule has 0 atom stereocenters. The van der Waals surface area contributed by atoms with Crippen molar-refractivity contribution in [3.05, 3.63) is 70.7 Å². The first-order valence-corrected chi connectivity index (χ1v) is 9.48. The van der Waals surface area contributed by atoms with Crippen LogP contribution in [0.25, 0.3) is 0 Å². The zero-order valence-electron chi connectivity index (χ0n) is 17.1. The molecule has 152 valence electrons. The number of nitrogens with zero attached hydrogens (tertiary/aromatic N) is 2. The van der Waals surface area contributed by atoms with Gasteiger partial charge in [0.15, 0.2) is 0 Å². The highest BCUT2D eigenvalue weighted by Gasteiger charge is 2.16. The highest BCUT2D eigenvalue weighted by molar-refractivity contribution is 5.96. The van der Waals surface area contributed by atoms with Gasteiger partial charge in [0.2, 0.25) is 5.88 Å². The van der Waals surface area contributed by atoms with Crippen molar-refractivity contribution in [1.29, 1.82) is 0 Å². The molecule has 1 aromatic carbocycles. The number of nitrogens with one attached hydrogen (secondary N) is 1. The third-order valence-electron chi connectivity index (χ3n) is 4.32. The molecule has 3 rings (SSSR count). The van der Waals surface area contributed by atoms with Crippen LogP contribution in [0, 0.1) is 13.8 Å². The van der Waals surface area contributed by atoms with Gasteiger partial charge in [0.1, 0.15) is 18.1 Å². The van der Waals surface area contributed by atoms with E-state index >= 15 is 0 Å². The molecular weight excluding hydrogens is 370 g/mol. The fourth-order valence-electron chi connectivity index (χ4n) is 2.80. The summed E-state index contributed by atoms with van der Waals surface area (Å²) in [7, 11) is 0. The number of rotatable bonds is 8. The van der Waals surface area contributed by atoms with Gasteiger partial charge in [-0.2, -0.15) is 0 Å². The van der Waals surface area contributed by atoms with Gasteiger partial charge in [0.05, 0.1) is 22.9 Å². The summed E-state index contributed by atoms with van der Waals surface area (Å²) in [5.74, 6) is 1.48. The maximum atomic E-state index is 12.8. The Kier molecular flexibility index (Phi) is 6.49. The predicted octanol–water partition coefficient (Wildman–Crippen LogP) is 3.98. The Morgan fingerprint density at radius 2 is 1.97 bits per heavy atom. The normalized spacial score (nSPS) is 10.8. The summed E-state index contributed by atoms with van der Waals surface area (Å²) >= 11 is 0. The largest absolute Gasteiger partial charge is 0.488 e. The molecule has 2 heterocycles. The molecule has 0 aliphatic rings. The van der Waals surface area contributed by atoms with E-state index in [4.69, 9.17) is 14.0 Å². The first kappa shape index (κ1) is 20.4. The fraction of sp³-hybridized carbons (Fsp3) is 0.318. The molecule has 0 radical (unpaired) electrons. The van der Waals surface area contributed by atoms with Crippen LogP contribution in [0.2, 0.25) is 0 Å². The average Bonchev–Trinajstić information content (AvgIpc) is 3.03. The lowest BCUT2D eigenvalue weighted by Crippen LogP contribution is -2.24. The summed E-state index contributed by atoms with van der Waals surface area (Å²) in [6.07, 6.45) is 1.67. The molecule has 2 aromatic heterocycles. The zero-order chi connectivity index (χ0) is 20.8. The van der Waals surface area contributed by atoms with Crippen molar-refractivity contribution < 1.29 is 18.8 Å². The van der Waals surface area contributed by atoms with Gasteiger partial charge in [0, 0.05) is 18.3 Å². The van der Waals surface area contributed by atoms with Crippen LogP contribution in [-0.4, -0.2) is 22.2 Å². The molecule has 0 bridgehead atoms. The quantitative estimate of drug-likeness (QED) is 0.621. The zero-order valence-corrected chi connectivity index (χ0v) is 17.1. The molecule has 7 heteroatoms. The minimum Gasteiger partial charge on any atom is -0.488 e. The molecule has 0 aliphatic carbocycles. The van der Waals surface area contributed by atoms with Crippen LogP contribution in [0.15, 0.2) is 47.1 Å². The standard InChI is InChI=1S/C22H25N3O4/c1-14(2)28-22-17(8-7-11-23-22)12-24-21(26)18-9-5-6-10-20(18)27-13-19-15(3)25-29-16(19)4/h5-11,14H,12-13H2,1-4H3,(H,24,26). The molecule has 7 nitrogen and oxygen atoms in total. The number of aryl methyl sites for hydroxylation is 2. The van der Waals surface area contributed by atoms with Crippen LogP contribution in [-0.2, 0) is 13.2 Å². The van der Waals surface area contributed by atoms with E-state index in [1.165, 1.54) is 0 Å². The molecule has 0 saturated heterocycles. The molecule has 0 aliphatic heterocycles. The highest BCUT2D eigenvalue weighted by atomic mass is 16.5. The second-order valence-electron chi connectivity index (χ2n) is 6.90. The van der Waals surface area contributed by atoms with Gasteiger partial charge in [-0.05, 0) is 45.9 Å². The van der Waals surface area contributed by atoms with Crippen molar-refractivity contribution in [3.8, 4) is 11.6 Å². The molecular formula is C22H25N3O4. The minimum absolute atomic E-state index is 0.00204. The van der Waals surface area contributed by atoms with Crippen molar-refractivity contribution in [3.63, 3.8) is 0 Å². The summed E-state index contributed by atoms with van der Waals surface area (Å²) < 4.78 is 16.8. The van der Waals surface area contributed by atoms with Crippen LogP contribution in [0.3, 0.4) is 0 Å². The Balaban J connectivity index is 1.69. The summed E-state index contributed by atoms with van der Waals surface area (Å²) in [6.45, 7) is 8.14. The van der Waals surface area contributed by atoms with E-state index in [1.54, 1.807) is 24.4 Å². The fourth-order valence-corrected chi connectivity index (χ4v) is 2.80. The number of amides is 1. The molecule has 1 N–H and O–H groups in total. The molecule has 1 amide bonds. The maximum absolute atomic E-state index is 12.8. The second-order valence-corrected chi connectivity index (χ2v) is 6.90. The number of carbonyl (C=O) groups is 1. The topological polar surface area (TPSA) is 86.5 Å². The van der Waals surface area contributed by atoms with E-state index in [1.807, 2.05) is 45.9 Å². The number of hydrogen-bond acceptors (Lipinski definition) is 6. The van der Waals surface area contributed by atoms with Crippen LogP contribution in [0.4, 0.5) is 0 Å². The van der Waals surface area contributed by atoms with Crippen molar-refractivity contribution >= 4 is 5.91 Å². The molecule has 29 heavy (non-hydrogen) atoms. The molecule has 0 fully saturated rings. The van der Waals surface area contributed by atoms with E-state index in [9.17, 15) is 4.79 Å². The lowest BCUT2D eigenvalue weighted by molar-refractivity contribution is 0.0946. The first-order valence-electron chi connectivity index (χ1n) is 9.48. The van der Waals surface area contributed by atoms with Gasteiger partial charge in [-0.1, -0.05) is 23.4 Å². The van der Waals surface area contributed by atoms with Crippen LogP contribution in [0.1, 0.15) is 46.8 Å². The summed E-state index contributed by atoms with van der Waals surface area (Å²) in [5, 5.41) is 6.84. The number of pyridine rings is 1. The molecule has 0 saturated carbocycles. The number of ether oxygens (including phenoxy) is 2. The van der Waals surface area contributed by atoms with Crippen LogP contribution in [0.5, 0.6) is 11.6 Å². The third-order valence-corrected chi connectivity index (χ3v) is 4.32. The van der Waals surface area contributed by atoms with Gasteiger partial charge < -0.3 is 19.3 Å². The lowest BCUT2D eigenvalue weighted by atomic mass is 10.1. The number of carbonyl (C=O) groups excluding carboxylic acids is 1. The summed E-state index contributed by atoms with van der Waals surface area (Å²) in [6, 6.07) is 10.8. The van der Waals surface area contributed by atoms with Crippen molar-refractivity contribution in [1.82, 2.24) is 15.5 Å². The molecule has 0 spiro atoms. The number of hydrogen-bond donors (Lipinski definition) is 1. The SMILES string of the molecule is Cc1noc(C)c1COc1ccccc1C(=O)NCc1cccnc1OC(C)C. The minimum atomic E-state index is -0.237. The van der Waals surface area contributed by atoms with Gasteiger partial charge in [-0.25, -0.2) is 4.98 Å². The Morgan fingerprint density at radius 3 is 2.69 bits per heavy atom. The van der Waals surface area contributed by atoms with E-state index < -0.39 is 0 Å². The Morgan fingerprint density at radius 1 is 1.17 bits per heavy atom. The highest BCUT2D eigenvalue weighted by Crippen LogP contribution is 2.22. The maximum Gasteiger partial charge on any atom is 0.255 e. The van der Waals surface area contributed by atoms with E-state index in [0.717, 1.165) is 16.8 Å². The average molecular weight is 395 g/mol. The van der Waals surface area contributed by atoms with Crippen molar-refractivity contribution in [2.45, 2.75) is 47.0 Å². The second kappa shape index (κ2) is 9.23. The van der Waals surface area contributed by atoms with Gasteiger partial charge >= 0.3 is 0 Å². The van der Waals surface area contributed by atoms with E-state index in [-0.39, 0.29) is 18.6 Å². The Labute approximate surface area is 170 Å². The smallest absolute Gasteiger partial charge is 0.255 e. The summed E-state index contributed by atoms with van der Waals surface area (Å²) in [4.78, 5) is 17.0. The Hall–Kier alpha value is -3.35. The van der Waals surface area contributed by atoms with E-state index in [2.05, 4.69) is 15.5 Å². The molecule has 3 aromatic rings. The van der Waals surface area contributed by atoms with Gasteiger partial charge in [-0.15, -0.1) is 0 Å². The van der Waals surface area contributed by atoms with Crippen molar-refractivity contribution in [2.24, 2.45) is 0 Å². The third kappa shape index (κ3) is 5.13. The number of benzene rings is 1. The van der Waals surface area contributed by atoms with Crippen molar-refractivity contribution in [2.75, 3.05) is 0 Å². The first-order chi connectivity index (χ1) is 14.0. The predicted molar refractivity (Wildman–Crippen MR) is 108 cm³/mol. The summed E-state index contributed by atoms with van der Waals surface area (Å²) in [5.41, 5.74) is 2.92. The van der Waals surface area contributed by atoms with Crippen LogP contribution < -0.4 is 14.8 Å². The molecule has 0 unspecified atom stereocenters. The number of aromatic nitrogens is 2. The monoisotopic (exact) mass is 395 g/mol. The number of para-hydroxylation sites is 1. The lowest BCUT2D eigenvalue weighted by Gasteiger charge is -2.14.